The molecule has 1 atom stereocenters. The molecule has 40 heavy (non-hydrogen) atoms. The molecule has 1 unspecified atom stereocenters. The average molecular weight is 574 g/mol. The van der Waals surface area contributed by atoms with Crippen LogP contribution >= 0.6 is 11.3 Å². The van der Waals surface area contributed by atoms with Gasteiger partial charge in [-0.05, 0) is 89.1 Å². The Balaban J connectivity index is 1.47. The summed E-state index contributed by atoms with van der Waals surface area (Å²) >= 11 is 1.36. The molecular weight excluding hydrogens is 539 g/mol. The summed E-state index contributed by atoms with van der Waals surface area (Å²) in [5.41, 5.74) is 1.83. The predicted octanol–water partition coefficient (Wildman–Crippen LogP) is 7.16. The number of hydrogen-bond acceptors (Lipinski definition) is 6. The maximum atomic E-state index is 14.1. The number of halogens is 3. The molecular formula is C30H34F3N3O3S. The molecule has 1 N–H and O–H groups in total. The number of nitrogens with zero attached hydrogens (tertiary/aromatic N) is 3. The maximum absolute atomic E-state index is 14.1. The fourth-order valence-corrected chi connectivity index (χ4v) is 7.66. The van der Waals surface area contributed by atoms with Crippen LogP contribution in [-0.2, 0) is 23.9 Å². The van der Waals surface area contributed by atoms with Crippen molar-refractivity contribution in [3.63, 3.8) is 0 Å². The highest BCUT2D eigenvalue weighted by molar-refractivity contribution is 7.19. The number of hydrogen-bond donors (Lipinski definition) is 1. The first kappa shape index (κ1) is 27.3. The molecule has 3 aliphatic rings. The molecule has 1 amide bonds. The number of fused-ring (bicyclic) bond motifs is 2. The number of likely N-dealkylation sites (tertiary alicyclic amines) is 1. The van der Waals surface area contributed by atoms with Crippen molar-refractivity contribution in [3.05, 3.63) is 46.5 Å². The molecule has 1 aromatic carbocycles. The fourth-order valence-electron chi connectivity index (χ4n) is 6.66. The van der Waals surface area contributed by atoms with Gasteiger partial charge in [0.25, 0.3) is 0 Å². The summed E-state index contributed by atoms with van der Waals surface area (Å²) in [6.07, 6.45) is 1.75. The van der Waals surface area contributed by atoms with Crippen LogP contribution in [0.1, 0.15) is 68.9 Å². The molecule has 214 valence electrons. The number of carbonyl (C=O) groups excluding carboxylic acids is 1. The minimum atomic E-state index is -4.49. The van der Waals surface area contributed by atoms with E-state index in [2.05, 4.69) is 9.88 Å². The summed E-state index contributed by atoms with van der Waals surface area (Å²) in [7, 11) is 0. The number of aryl methyl sites for hydroxylation is 1. The lowest BCUT2D eigenvalue weighted by Gasteiger charge is -2.45. The topological polar surface area (TPSA) is 65.9 Å². The van der Waals surface area contributed by atoms with Gasteiger partial charge in [0.15, 0.2) is 0 Å². The van der Waals surface area contributed by atoms with Gasteiger partial charge in [-0.2, -0.15) is 13.2 Å². The normalized spacial score (nSPS) is 20.6. The number of benzene rings is 1. The standard InChI is InChI=1S/C30H34F3N3O3S/c1-28(2,3)39-27(38)36-16-20(15-29(36)8-5-9-29)35-11-4-6-18-12-19(30(31,32)33)13-23(25(18)35)22-7-10-34-24-14-21(17-37)40-26(22)24/h7,10,12-14,20,37H,4-6,8-9,11,15-17H2,1-3H3. The number of carbonyl (C=O) groups is 1. The molecule has 2 aromatic heterocycles. The largest absolute Gasteiger partial charge is 0.444 e. The SMILES string of the molecule is CC(C)(C)OC(=O)N1CC(N2CCCc3cc(C(F)(F)F)cc(-c4ccnc5cc(CO)sc45)c32)CC12CCC2. The number of anilines is 1. The van der Waals surface area contributed by atoms with Gasteiger partial charge in [-0.1, -0.05) is 0 Å². The Bertz CT molecular complexity index is 1460. The third-order valence-corrected chi connectivity index (χ3v) is 9.62. The van der Waals surface area contributed by atoms with E-state index in [0.717, 1.165) is 42.5 Å². The Hall–Kier alpha value is -2.85. The van der Waals surface area contributed by atoms with Gasteiger partial charge in [-0.15, -0.1) is 11.3 Å². The van der Waals surface area contributed by atoms with Crippen LogP contribution < -0.4 is 4.90 Å². The van der Waals surface area contributed by atoms with Crippen molar-refractivity contribution in [1.82, 2.24) is 9.88 Å². The van der Waals surface area contributed by atoms with Crippen LogP contribution in [0, 0.1) is 0 Å². The molecule has 1 aliphatic carbocycles. The summed E-state index contributed by atoms with van der Waals surface area (Å²) in [4.78, 5) is 22.6. The van der Waals surface area contributed by atoms with E-state index in [9.17, 15) is 23.1 Å². The van der Waals surface area contributed by atoms with Crippen molar-refractivity contribution >= 4 is 33.3 Å². The van der Waals surface area contributed by atoms with Gasteiger partial charge in [0, 0.05) is 52.6 Å². The van der Waals surface area contributed by atoms with Crippen LogP contribution in [0.25, 0.3) is 21.3 Å². The molecule has 0 bridgehead atoms. The second-order valence-electron chi connectivity index (χ2n) is 12.3. The highest BCUT2D eigenvalue weighted by Gasteiger charge is 2.54. The summed E-state index contributed by atoms with van der Waals surface area (Å²) < 4.78 is 49.0. The number of aliphatic hydroxyl groups is 1. The second-order valence-corrected chi connectivity index (χ2v) is 13.4. The van der Waals surface area contributed by atoms with Gasteiger partial charge in [0.05, 0.1) is 22.4 Å². The zero-order valence-corrected chi connectivity index (χ0v) is 23.8. The van der Waals surface area contributed by atoms with Crippen LogP contribution in [0.3, 0.4) is 0 Å². The van der Waals surface area contributed by atoms with Gasteiger partial charge >= 0.3 is 12.3 Å². The Labute approximate surface area is 235 Å². The van der Waals surface area contributed by atoms with Crippen LogP contribution in [0.5, 0.6) is 0 Å². The van der Waals surface area contributed by atoms with Crippen molar-refractivity contribution in [2.75, 3.05) is 18.0 Å². The summed E-state index contributed by atoms with van der Waals surface area (Å²) in [5, 5.41) is 9.73. The molecule has 0 radical (unpaired) electrons. The van der Waals surface area contributed by atoms with E-state index in [0.29, 0.717) is 46.6 Å². The number of thiophene rings is 1. The highest BCUT2D eigenvalue weighted by Crippen LogP contribution is 2.51. The molecule has 6 nitrogen and oxygen atoms in total. The van der Waals surface area contributed by atoms with Crippen molar-refractivity contribution in [3.8, 4) is 11.1 Å². The first-order valence-electron chi connectivity index (χ1n) is 13.9. The third-order valence-electron chi connectivity index (χ3n) is 8.48. The lowest BCUT2D eigenvalue weighted by Crippen LogP contribution is -2.53. The van der Waals surface area contributed by atoms with Crippen molar-refractivity contribution in [2.24, 2.45) is 0 Å². The lowest BCUT2D eigenvalue weighted by molar-refractivity contribution is -0.137. The number of amides is 1. The number of alkyl halides is 3. The Kier molecular flexibility index (Phi) is 6.57. The van der Waals surface area contributed by atoms with E-state index < -0.39 is 17.3 Å². The van der Waals surface area contributed by atoms with Crippen LogP contribution in [0.4, 0.5) is 23.7 Å². The Morgan fingerprint density at radius 3 is 2.60 bits per heavy atom. The molecule has 10 heteroatoms. The lowest BCUT2D eigenvalue weighted by atomic mass is 9.74. The zero-order chi connectivity index (χ0) is 28.4. The summed E-state index contributed by atoms with van der Waals surface area (Å²) in [6, 6.07) is 6.10. The van der Waals surface area contributed by atoms with Crippen molar-refractivity contribution in [1.29, 1.82) is 0 Å². The fraction of sp³-hybridized carbons (Fsp3) is 0.533. The van der Waals surface area contributed by atoms with E-state index in [1.54, 1.807) is 18.3 Å². The van der Waals surface area contributed by atoms with Gasteiger partial charge in [0.1, 0.15) is 5.60 Å². The van der Waals surface area contributed by atoms with E-state index >= 15 is 0 Å². The van der Waals surface area contributed by atoms with E-state index in [1.165, 1.54) is 23.5 Å². The van der Waals surface area contributed by atoms with Gasteiger partial charge < -0.3 is 19.6 Å². The maximum Gasteiger partial charge on any atom is 0.416 e. The van der Waals surface area contributed by atoms with E-state index in [1.807, 2.05) is 25.7 Å². The van der Waals surface area contributed by atoms with E-state index in [-0.39, 0.29) is 24.3 Å². The number of aliphatic hydroxyl groups excluding tert-OH is 1. The molecule has 6 rings (SSSR count). The zero-order valence-electron chi connectivity index (χ0n) is 23.0. The number of ether oxygens (including phenoxy) is 1. The van der Waals surface area contributed by atoms with Crippen LogP contribution in [-0.4, -0.2) is 51.4 Å². The van der Waals surface area contributed by atoms with Crippen LogP contribution in [0.15, 0.2) is 30.5 Å². The predicted molar refractivity (Wildman–Crippen MR) is 150 cm³/mol. The van der Waals surface area contributed by atoms with Crippen molar-refractivity contribution in [2.45, 2.75) is 89.3 Å². The second kappa shape index (κ2) is 9.62. The molecule has 2 aliphatic heterocycles. The molecule has 4 heterocycles. The van der Waals surface area contributed by atoms with Crippen LogP contribution in [0.2, 0.25) is 0 Å². The Morgan fingerprint density at radius 1 is 1.18 bits per heavy atom. The first-order valence-corrected chi connectivity index (χ1v) is 14.7. The molecule has 2 fully saturated rings. The monoisotopic (exact) mass is 573 g/mol. The average Bonchev–Trinajstić information content (AvgIpc) is 3.48. The summed E-state index contributed by atoms with van der Waals surface area (Å²) in [5.74, 6) is 0. The molecule has 1 saturated carbocycles. The van der Waals surface area contributed by atoms with Gasteiger partial charge in [-0.3, -0.25) is 4.98 Å². The Morgan fingerprint density at radius 2 is 1.95 bits per heavy atom. The molecule has 1 saturated heterocycles. The highest BCUT2D eigenvalue weighted by atomic mass is 32.1. The van der Waals surface area contributed by atoms with Crippen molar-refractivity contribution < 1.29 is 27.8 Å². The molecule has 1 spiro atoms. The minimum Gasteiger partial charge on any atom is -0.444 e. The molecule has 3 aromatic rings. The number of pyridine rings is 1. The van der Waals surface area contributed by atoms with Gasteiger partial charge in [0.2, 0.25) is 0 Å². The quantitative estimate of drug-likeness (QED) is 0.360. The number of rotatable bonds is 3. The smallest absolute Gasteiger partial charge is 0.416 e. The number of aromatic nitrogens is 1. The van der Waals surface area contributed by atoms with Gasteiger partial charge in [-0.25, -0.2) is 4.79 Å². The third kappa shape index (κ3) is 4.72. The van der Waals surface area contributed by atoms with E-state index in [4.69, 9.17) is 4.74 Å². The first-order chi connectivity index (χ1) is 18.9. The minimum absolute atomic E-state index is 0.0315. The summed E-state index contributed by atoms with van der Waals surface area (Å²) in [6.45, 7) is 6.61.